The fourth-order valence-corrected chi connectivity index (χ4v) is 2.35. The Bertz CT molecular complexity index is 230. The molecule has 0 aromatic carbocycles. The van der Waals surface area contributed by atoms with Gasteiger partial charge in [0.25, 0.3) is 0 Å². The van der Waals surface area contributed by atoms with Crippen molar-refractivity contribution < 1.29 is 9.53 Å². The Morgan fingerprint density at radius 3 is 2.73 bits per heavy atom. The van der Waals surface area contributed by atoms with E-state index in [0.29, 0.717) is 5.92 Å². The van der Waals surface area contributed by atoms with Gasteiger partial charge in [0, 0.05) is 6.54 Å². The second kappa shape index (κ2) is 4.97. The predicted molar refractivity (Wildman–Crippen MR) is 60.7 cm³/mol. The van der Waals surface area contributed by atoms with Crippen LogP contribution in [0.5, 0.6) is 0 Å². The molecule has 0 bridgehead atoms. The Morgan fingerprint density at radius 2 is 2.27 bits per heavy atom. The van der Waals surface area contributed by atoms with E-state index in [0.717, 1.165) is 19.5 Å². The van der Waals surface area contributed by atoms with E-state index in [-0.39, 0.29) is 5.97 Å². The Hall–Kier alpha value is -0.570. The number of nitrogens with zero attached hydrogens (tertiary/aromatic N) is 1. The smallest absolute Gasteiger partial charge is 0.325 e. The Kier molecular flexibility index (Phi) is 4.14. The van der Waals surface area contributed by atoms with E-state index in [2.05, 4.69) is 18.7 Å². The summed E-state index contributed by atoms with van der Waals surface area (Å²) in [5.74, 6) is 0.591. The van der Waals surface area contributed by atoms with Crippen molar-refractivity contribution in [2.45, 2.75) is 45.6 Å². The molecule has 1 saturated heterocycles. The molecule has 1 rings (SSSR count). The maximum atomic E-state index is 11.8. The zero-order chi connectivity index (χ0) is 11.5. The highest BCUT2D eigenvalue weighted by atomic mass is 16.5. The van der Waals surface area contributed by atoms with Crippen LogP contribution in [0.4, 0.5) is 0 Å². The maximum absolute atomic E-state index is 11.8. The summed E-state index contributed by atoms with van der Waals surface area (Å²) in [5, 5.41) is 0. The van der Waals surface area contributed by atoms with Gasteiger partial charge in [-0.25, -0.2) is 0 Å². The minimum absolute atomic E-state index is 0.0981. The quantitative estimate of drug-likeness (QED) is 0.672. The molecule has 88 valence electrons. The van der Waals surface area contributed by atoms with Crippen molar-refractivity contribution in [3.63, 3.8) is 0 Å². The van der Waals surface area contributed by atoms with Crippen LogP contribution in [0.2, 0.25) is 0 Å². The summed E-state index contributed by atoms with van der Waals surface area (Å²) in [5.41, 5.74) is -0.427. The van der Waals surface area contributed by atoms with E-state index >= 15 is 0 Å². The van der Waals surface area contributed by atoms with Gasteiger partial charge in [-0.15, -0.1) is 0 Å². The van der Waals surface area contributed by atoms with Crippen LogP contribution in [0.25, 0.3) is 0 Å². The molecule has 0 N–H and O–H groups in total. The van der Waals surface area contributed by atoms with E-state index in [9.17, 15) is 4.79 Å². The number of carbonyl (C=O) groups excluding carboxylic acids is 1. The third kappa shape index (κ3) is 2.51. The molecule has 1 fully saturated rings. The van der Waals surface area contributed by atoms with E-state index in [4.69, 9.17) is 4.74 Å². The average Bonchev–Trinajstić information content (AvgIpc) is 2.26. The first-order chi connectivity index (χ1) is 7.04. The van der Waals surface area contributed by atoms with Gasteiger partial charge in [-0.1, -0.05) is 13.8 Å². The van der Waals surface area contributed by atoms with Crippen molar-refractivity contribution in [1.29, 1.82) is 0 Å². The van der Waals surface area contributed by atoms with E-state index < -0.39 is 5.54 Å². The molecule has 3 heteroatoms. The number of likely N-dealkylation sites (tertiary alicyclic amines) is 1. The van der Waals surface area contributed by atoms with Crippen molar-refractivity contribution in [2.75, 3.05) is 20.2 Å². The van der Waals surface area contributed by atoms with Gasteiger partial charge in [-0.3, -0.25) is 9.69 Å². The fourth-order valence-electron chi connectivity index (χ4n) is 2.35. The highest BCUT2D eigenvalue weighted by molar-refractivity contribution is 5.80. The summed E-state index contributed by atoms with van der Waals surface area (Å²) < 4.78 is 4.91. The zero-order valence-corrected chi connectivity index (χ0v) is 10.4. The van der Waals surface area contributed by atoms with Crippen LogP contribution in [0.15, 0.2) is 0 Å². The van der Waals surface area contributed by atoms with Crippen LogP contribution in [0.3, 0.4) is 0 Å². The van der Waals surface area contributed by atoms with E-state index in [1.807, 2.05) is 6.92 Å². The van der Waals surface area contributed by atoms with Gasteiger partial charge in [0.05, 0.1) is 7.11 Å². The molecule has 1 heterocycles. The highest BCUT2D eigenvalue weighted by Gasteiger charge is 2.40. The third-order valence-corrected chi connectivity index (χ3v) is 3.67. The molecule has 0 aromatic rings. The molecule has 0 amide bonds. The van der Waals surface area contributed by atoms with Gasteiger partial charge in [-0.05, 0) is 38.6 Å². The molecule has 0 spiro atoms. The standard InChI is InChI=1S/C12H23NO2/c1-5-12(3,11(14)15-4)13-8-6-7-10(2)9-13/h10H,5-9H2,1-4H3. The minimum atomic E-state index is -0.427. The Labute approximate surface area is 92.8 Å². The number of hydrogen-bond acceptors (Lipinski definition) is 3. The molecule has 0 saturated carbocycles. The van der Waals surface area contributed by atoms with Crippen molar-refractivity contribution in [2.24, 2.45) is 5.92 Å². The summed E-state index contributed by atoms with van der Waals surface area (Å²) >= 11 is 0. The molecule has 1 aliphatic heterocycles. The third-order valence-electron chi connectivity index (χ3n) is 3.67. The molecule has 15 heavy (non-hydrogen) atoms. The van der Waals surface area contributed by atoms with Gasteiger partial charge in [-0.2, -0.15) is 0 Å². The first-order valence-corrected chi connectivity index (χ1v) is 5.88. The summed E-state index contributed by atoms with van der Waals surface area (Å²) in [4.78, 5) is 14.1. The first-order valence-electron chi connectivity index (χ1n) is 5.88. The largest absolute Gasteiger partial charge is 0.468 e. The molecule has 3 nitrogen and oxygen atoms in total. The van der Waals surface area contributed by atoms with Gasteiger partial charge < -0.3 is 4.74 Å². The predicted octanol–water partition coefficient (Wildman–Crippen LogP) is 2.06. The maximum Gasteiger partial charge on any atom is 0.325 e. The lowest BCUT2D eigenvalue weighted by atomic mass is 9.90. The lowest BCUT2D eigenvalue weighted by Gasteiger charge is -2.42. The lowest BCUT2D eigenvalue weighted by Crippen LogP contribution is -2.55. The van der Waals surface area contributed by atoms with Gasteiger partial charge in [0.1, 0.15) is 5.54 Å². The second-order valence-corrected chi connectivity index (χ2v) is 4.81. The topological polar surface area (TPSA) is 29.5 Å². The number of rotatable bonds is 3. The molecule has 0 aliphatic carbocycles. The van der Waals surface area contributed by atoms with Crippen molar-refractivity contribution in [1.82, 2.24) is 4.90 Å². The molecule has 0 radical (unpaired) electrons. The SMILES string of the molecule is CCC(C)(C(=O)OC)N1CCCC(C)C1. The number of ether oxygens (including phenoxy) is 1. The molecule has 2 unspecified atom stereocenters. The first kappa shape index (κ1) is 12.5. The lowest BCUT2D eigenvalue weighted by molar-refractivity contribution is -0.156. The molecule has 2 atom stereocenters. The van der Waals surface area contributed by atoms with Gasteiger partial charge >= 0.3 is 5.97 Å². The number of piperidine rings is 1. The molecule has 0 aromatic heterocycles. The number of methoxy groups -OCH3 is 1. The molecule has 1 aliphatic rings. The minimum Gasteiger partial charge on any atom is -0.468 e. The van der Waals surface area contributed by atoms with E-state index in [1.165, 1.54) is 20.0 Å². The number of esters is 1. The normalized spacial score (nSPS) is 27.1. The van der Waals surface area contributed by atoms with Gasteiger partial charge in [0.2, 0.25) is 0 Å². The van der Waals surface area contributed by atoms with Crippen molar-refractivity contribution >= 4 is 5.97 Å². The van der Waals surface area contributed by atoms with Crippen LogP contribution in [0, 0.1) is 5.92 Å². The fraction of sp³-hybridized carbons (Fsp3) is 0.917. The Morgan fingerprint density at radius 1 is 1.60 bits per heavy atom. The summed E-state index contributed by atoms with van der Waals surface area (Å²) in [7, 11) is 1.48. The second-order valence-electron chi connectivity index (χ2n) is 4.81. The summed E-state index contributed by atoms with van der Waals surface area (Å²) in [6.45, 7) is 8.33. The Balaban J connectivity index is 2.75. The van der Waals surface area contributed by atoms with Crippen molar-refractivity contribution in [3.8, 4) is 0 Å². The van der Waals surface area contributed by atoms with Gasteiger partial charge in [0.15, 0.2) is 0 Å². The highest BCUT2D eigenvalue weighted by Crippen LogP contribution is 2.27. The van der Waals surface area contributed by atoms with Crippen LogP contribution >= 0.6 is 0 Å². The summed E-state index contributed by atoms with van der Waals surface area (Å²) in [6.07, 6.45) is 3.28. The van der Waals surface area contributed by atoms with E-state index in [1.54, 1.807) is 0 Å². The van der Waals surface area contributed by atoms with Crippen LogP contribution < -0.4 is 0 Å². The van der Waals surface area contributed by atoms with Crippen molar-refractivity contribution in [3.05, 3.63) is 0 Å². The number of carbonyl (C=O) groups is 1. The van der Waals surface area contributed by atoms with Crippen LogP contribution in [-0.2, 0) is 9.53 Å². The number of hydrogen-bond donors (Lipinski definition) is 0. The molecular formula is C12H23NO2. The summed E-state index contributed by atoms with van der Waals surface area (Å²) in [6, 6.07) is 0. The average molecular weight is 213 g/mol. The van der Waals surface area contributed by atoms with Crippen LogP contribution in [-0.4, -0.2) is 36.6 Å². The zero-order valence-electron chi connectivity index (χ0n) is 10.4. The molecular weight excluding hydrogens is 190 g/mol. The van der Waals surface area contributed by atoms with Crippen LogP contribution in [0.1, 0.15) is 40.0 Å². The monoisotopic (exact) mass is 213 g/mol.